The normalized spacial score (nSPS) is 10.9. The Morgan fingerprint density at radius 1 is 0.840 bits per heavy atom. The van der Waals surface area contributed by atoms with Crippen molar-refractivity contribution in [1.82, 2.24) is 9.38 Å². The van der Waals surface area contributed by atoms with Crippen LogP contribution >= 0.6 is 0 Å². The molecule has 25 heavy (non-hydrogen) atoms. The first-order chi connectivity index (χ1) is 12.3. The van der Waals surface area contributed by atoms with Gasteiger partial charge in [0, 0.05) is 6.20 Å². The zero-order valence-electron chi connectivity index (χ0n) is 13.5. The van der Waals surface area contributed by atoms with E-state index < -0.39 is 0 Å². The average molecular weight is 327 g/mol. The molecule has 0 radical (unpaired) electrons. The number of imidazole rings is 1. The first-order valence-corrected chi connectivity index (χ1v) is 8.16. The molecule has 2 aromatic carbocycles. The third-order valence-electron chi connectivity index (χ3n) is 4.14. The summed E-state index contributed by atoms with van der Waals surface area (Å²) >= 11 is 0. The molecule has 1 N–H and O–H groups in total. The van der Waals surface area contributed by atoms with Gasteiger partial charge in [0.1, 0.15) is 5.65 Å². The summed E-state index contributed by atoms with van der Waals surface area (Å²) in [7, 11) is 0. The van der Waals surface area contributed by atoms with Gasteiger partial charge in [0.05, 0.1) is 12.1 Å². The number of nitrogens with zero attached hydrogens (tertiary/aromatic N) is 2. The molecule has 4 rings (SSSR count). The van der Waals surface area contributed by atoms with E-state index in [2.05, 4.69) is 10.3 Å². The number of hydrogen-bond acceptors (Lipinski definition) is 2. The number of anilines is 1. The highest BCUT2D eigenvalue weighted by atomic mass is 16.2. The van der Waals surface area contributed by atoms with Gasteiger partial charge in [-0.15, -0.1) is 0 Å². The monoisotopic (exact) mass is 327 g/mol. The predicted molar refractivity (Wildman–Crippen MR) is 98.5 cm³/mol. The topological polar surface area (TPSA) is 46.4 Å². The third kappa shape index (κ3) is 3.15. The molecule has 122 valence electrons. The Bertz CT molecular complexity index is 921. The van der Waals surface area contributed by atoms with E-state index in [4.69, 9.17) is 0 Å². The maximum Gasteiger partial charge on any atom is 0.237 e. The number of hydrogen-bond donors (Lipinski definition) is 1. The van der Waals surface area contributed by atoms with Crippen molar-refractivity contribution in [2.24, 2.45) is 0 Å². The van der Waals surface area contributed by atoms with Crippen LogP contribution in [0.2, 0.25) is 0 Å². The predicted octanol–water partition coefficient (Wildman–Crippen LogP) is 4.10. The highest BCUT2D eigenvalue weighted by molar-refractivity contribution is 5.97. The minimum absolute atomic E-state index is 0.0965. The van der Waals surface area contributed by atoms with Crippen molar-refractivity contribution in [2.75, 3.05) is 5.32 Å². The molecular weight excluding hydrogens is 310 g/mol. The molecule has 4 heteroatoms. The third-order valence-corrected chi connectivity index (χ3v) is 4.14. The fourth-order valence-corrected chi connectivity index (χ4v) is 2.98. The molecular formula is C21H17N3O. The van der Waals surface area contributed by atoms with E-state index in [1.807, 2.05) is 95.7 Å². The molecule has 0 spiro atoms. The van der Waals surface area contributed by atoms with Crippen molar-refractivity contribution in [1.29, 1.82) is 0 Å². The Kier molecular flexibility index (Phi) is 4.01. The Labute approximate surface area is 145 Å². The minimum Gasteiger partial charge on any atom is -0.309 e. The molecule has 0 aliphatic carbocycles. The summed E-state index contributed by atoms with van der Waals surface area (Å²) in [5, 5.41) is 2.96. The summed E-state index contributed by atoms with van der Waals surface area (Å²) in [4.78, 5) is 17.5. The molecule has 0 saturated heterocycles. The van der Waals surface area contributed by atoms with E-state index in [0.717, 1.165) is 16.8 Å². The van der Waals surface area contributed by atoms with Crippen LogP contribution in [0, 0.1) is 0 Å². The Morgan fingerprint density at radius 2 is 1.44 bits per heavy atom. The fourth-order valence-electron chi connectivity index (χ4n) is 2.98. The van der Waals surface area contributed by atoms with E-state index in [9.17, 15) is 4.79 Å². The van der Waals surface area contributed by atoms with E-state index in [-0.39, 0.29) is 11.8 Å². The SMILES string of the molecule is O=C(Nc1cn2ccccc2n1)C(c1ccccc1)c1ccccc1. The molecule has 0 bridgehead atoms. The number of benzene rings is 2. The van der Waals surface area contributed by atoms with E-state index in [1.165, 1.54) is 0 Å². The van der Waals surface area contributed by atoms with Gasteiger partial charge in [-0.1, -0.05) is 66.7 Å². The quantitative estimate of drug-likeness (QED) is 0.613. The van der Waals surface area contributed by atoms with Gasteiger partial charge < -0.3 is 9.72 Å². The molecule has 0 saturated carbocycles. The smallest absolute Gasteiger partial charge is 0.237 e. The second-order valence-electron chi connectivity index (χ2n) is 5.84. The largest absolute Gasteiger partial charge is 0.309 e. The van der Waals surface area contributed by atoms with Crippen LogP contribution in [-0.4, -0.2) is 15.3 Å². The van der Waals surface area contributed by atoms with Crippen molar-refractivity contribution in [3.63, 3.8) is 0 Å². The molecule has 0 unspecified atom stereocenters. The fraction of sp³-hybridized carbons (Fsp3) is 0.0476. The maximum absolute atomic E-state index is 13.0. The van der Waals surface area contributed by atoms with Crippen LogP contribution in [0.5, 0.6) is 0 Å². The summed E-state index contributed by atoms with van der Waals surface area (Å²) in [6.07, 6.45) is 3.73. The summed E-state index contributed by atoms with van der Waals surface area (Å²) < 4.78 is 1.88. The number of aromatic nitrogens is 2. The summed E-state index contributed by atoms with van der Waals surface area (Å²) in [5.41, 5.74) is 2.71. The van der Waals surface area contributed by atoms with Crippen LogP contribution in [-0.2, 0) is 4.79 Å². The number of carbonyl (C=O) groups excluding carboxylic acids is 1. The van der Waals surface area contributed by atoms with Crippen LogP contribution in [0.15, 0.2) is 91.3 Å². The van der Waals surface area contributed by atoms with Gasteiger partial charge in [-0.2, -0.15) is 0 Å². The molecule has 0 aliphatic heterocycles. The standard InChI is InChI=1S/C21H17N3O/c25-21(23-18-15-24-14-8-7-13-19(24)22-18)20(16-9-3-1-4-10-16)17-11-5-2-6-12-17/h1-15,20H,(H,23,25). The second-order valence-corrected chi connectivity index (χ2v) is 5.84. The number of pyridine rings is 1. The molecule has 4 nitrogen and oxygen atoms in total. The van der Waals surface area contributed by atoms with Gasteiger partial charge in [0.25, 0.3) is 0 Å². The molecule has 1 amide bonds. The lowest BCUT2D eigenvalue weighted by atomic mass is 9.90. The van der Waals surface area contributed by atoms with Crippen molar-refractivity contribution < 1.29 is 4.79 Å². The van der Waals surface area contributed by atoms with Crippen LogP contribution in [0.4, 0.5) is 5.82 Å². The first kappa shape index (κ1) is 15.1. The Balaban J connectivity index is 1.68. The summed E-state index contributed by atoms with van der Waals surface area (Å²) in [6, 6.07) is 25.3. The van der Waals surface area contributed by atoms with Gasteiger partial charge in [-0.3, -0.25) is 4.79 Å². The Morgan fingerprint density at radius 3 is 2.04 bits per heavy atom. The van der Waals surface area contributed by atoms with Gasteiger partial charge in [-0.05, 0) is 23.3 Å². The van der Waals surface area contributed by atoms with Crippen molar-refractivity contribution >= 4 is 17.4 Å². The highest BCUT2D eigenvalue weighted by Crippen LogP contribution is 2.26. The van der Waals surface area contributed by atoms with Crippen LogP contribution < -0.4 is 5.32 Å². The summed E-state index contributed by atoms with van der Waals surface area (Å²) in [6.45, 7) is 0. The van der Waals surface area contributed by atoms with Gasteiger partial charge in [0.15, 0.2) is 5.82 Å². The van der Waals surface area contributed by atoms with Crippen LogP contribution in [0.3, 0.4) is 0 Å². The molecule has 2 heterocycles. The lowest BCUT2D eigenvalue weighted by Gasteiger charge is -2.17. The van der Waals surface area contributed by atoms with Crippen LogP contribution in [0.25, 0.3) is 5.65 Å². The lowest BCUT2D eigenvalue weighted by molar-refractivity contribution is -0.116. The van der Waals surface area contributed by atoms with Crippen molar-refractivity contribution in [2.45, 2.75) is 5.92 Å². The first-order valence-electron chi connectivity index (χ1n) is 8.16. The molecule has 0 aliphatic rings. The number of fused-ring (bicyclic) bond motifs is 1. The van der Waals surface area contributed by atoms with E-state index >= 15 is 0 Å². The zero-order chi connectivity index (χ0) is 17.1. The van der Waals surface area contributed by atoms with Gasteiger partial charge in [-0.25, -0.2) is 4.98 Å². The Hall–Kier alpha value is -3.40. The van der Waals surface area contributed by atoms with Crippen molar-refractivity contribution in [3.05, 3.63) is 102 Å². The van der Waals surface area contributed by atoms with Crippen LogP contribution in [0.1, 0.15) is 17.0 Å². The molecule has 0 fully saturated rings. The van der Waals surface area contributed by atoms with Gasteiger partial charge >= 0.3 is 0 Å². The second kappa shape index (κ2) is 6.61. The van der Waals surface area contributed by atoms with Gasteiger partial charge in [0.2, 0.25) is 5.91 Å². The molecule has 4 aromatic rings. The maximum atomic E-state index is 13.0. The minimum atomic E-state index is -0.382. The number of carbonyl (C=O) groups is 1. The number of amides is 1. The lowest BCUT2D eigenvalue weighted by Crippen LogP contribution is -2.22. The average Bonchev–Trinajstić information content (AvgIpc) is 3.06. The van der Waals surface area contributed by atoms with E-state index in [1.54, 1.807) is 0 Å². The summed E-state index contributed by atoms with van der Waals surface area (Å²) in [5.74, 6) is 0.0704. The number of nitrogens with one attached hydrogen (secondary N) is 1. The number of rotatable bonds is 4. The highest BCUT2D eigenvalue weighted by Gasteiger charge is 2.23. The zero-order valence-corrected chi connectivity index (χ0v) is 13.5. The van der Waals surface area contributed by atoms with Crippen molar-refractivity contribution in [3.8, 4) is 0 Å². The van der Waals surface area contributed by atoms with E-state index in [0.29, 0.717) is 5.82 Å². The molecule has 2 aromatic heterocycles. The molecule has 0 atom stereocenters.